The number of hydrogen-bond donors (Lipinski definition) is 1. The third-order valence-electron chi connectivity index (χ3n) is 5.99. The minimum Gasteiger partial charge on any atom is -0.444 e. The molecule has 6 heteroatoms. The van der Waals surface area contributed by atoms with Gasteiger partial charge >= 0.3 is 6.09 Å². The van der Waals surface area contributed by atoms with Crippen LogP contribution in [0.1, 0.15) is 36.6 Å². The Morgan fingerprint density at radius 2 is 2.07 bits per heavy atom. The van der Waals surface area contributed by atoms with E-state index in [0.29, 0.717) is 0 Å². The summed E-state index contributed by atoms with van der Waals surface area (Å²) in [5, 5.41) is 6.83. The Morgan fingerprint density at radius 3 is 2.83 bits per heavy atom. The van der Waals surface area contributed by atoms with Gasteiger partial charge in [-0.05, 0) is 67.0 Å². The molecule has 1 amide bonds. The van der Waals surface area contributed by atoms with Gasteiger partial charge in [0, 0.05) is 23.7 Å². The molecule has 0 aliphatic carbocycles. The number of cyclic esters (lactones) is 1. The Hall–Kier alpha value is -3.15. The molecule has 1 saturated heterocycles. The SMILES string of the molecule is CCC1OC(=O)N2c3ccc(-c4ccc(CCCc5cn[nH]c5)nc4)cc3CC12. The molecule has 5 rings (SSSR count). The van der Waals surface area contributed by atoms with Crippen LogP contribution in [0.15, 0.2) is 48.9 Å². The number of carbonyl (C=O) groups excluding carboxylic acids is 1. The van der Waals surface area contributed by atoms with E-state index >= 15 is 0 Å². The molecular weight excluding hydrogens is 364 g/mol. The Kier molecular flexibility index (Phi) is 4.54. The molecule has 29 heavy (non-hydrogen) atoms. The lowest BCUT2D eigenvalue weighted by atomic mass is 10.00. The fraction of sp³-hybridized carbons (Fsp3) is 0.348. The molecule has 0 spiro atoms. The third-order valence-corrected chi connectivity index (χ3v) is 5.99. The van der Waals surface area contributed by atoms with E-state index in [4.69, 9.17) is 4.74 Å². The minimum atomic E-state index is -0.213. The number of hydrogen-bond acceptors (Lipinski definition) is 4. The van der Waals surface area contributed by atoms with Crippen molar-refractivity contribution in [1.29, 1.82) is 0 Å². The van der Waals surface area contributed by atoms with Gasteiger partial charge in [0.2, 0.25) is 0 Å². The molecule has 0 bridgehead atoms. The van der Waals surface area contributed by atoms with Crippen molar-refractivity contribution in [3.63, 3.8) is 0 Å². The van der Waals surface area contributed by atoms with Crippen LogP contribution < -0.4 is 4.90 Å². The molecule has 2 aromatic heterocycles. The maximum Gasteiger partial charge on any atom is 0.415 e. The summed E-state index contributed by atoms with van der Waals surface area (Å²) in [6.45, 7) is 2.07. The lowest BCUT2D eigenvalue weighted by Crippen LogP contribution is -2.32. The maximum absolute atomic E-state index is 12.2. The van der Waals surface area contributed by atoms with Gasteiger partial charge < -0.3 is 4.74 Å². The molecule has 0 radical (unpaired) electrons. The zero-order valence-corrected chi connectivity index (χ0v) is 16.5. The first-order valence-electron chi connectivity index (χ1n) is 10.3. The summed E-state index contributed by atoms with van der Waals surface area (Å²) in [5.41, 5.74) is 6.79. The molecule has 4 heterocycles. The quantitative estimate of drug-likeness (QED) is 0.683. The van der Waals surface area contributed by atoms with Gasteiger partial charge in [0.15, 0.2) is 0 Å². The monoisotopic (exact) mass is 388 g/mol. The molecule has 2 aliphatic heterocycles. The van der Waals surface area contributed by atoms with Crippen LogP contribution in [0, 0.1) is 0 Å². The Balaban J connectivity index is 1.29. The van der Waals surface area contributed by atoms with Crippen LogP contribution in [0.25, 0.3) is 11.1 Å². The highest BCUT2D eigenvalue weighted by atomic mass is 16.6. The zero-order chi connectivity index (χ0) is 19.8. The van der Waals surface area contributed by atoms with Crippen LogP contribution in [-0.4, -0.2) is 33.4 Å². The second-order valence-corrected chi connectivity index (χ2v) is 7.81. The van der Waals surface area contributed by atoms with Crippen LogP contribution in [0.2, 0.25) is 0 Å². The highest BCUT2D eigenvalue weighted by Gasteiger charge is 2.46. The van der Waals surface area contributed by atoms with Crippen molar-refractivity contribution in [2.24, 2.45) is 0 Å². The lowest BCUT2D eigenvalue weighted by Gasteiger charge is -2.15. The standard InChI is InChI=1S/C23H24N4O2/c1-2-22-21-11-18-10-16(7-9-20(18)27(21)23(28)29-22)17-6-8-19(24-14-17)5-3-4-15-12-25-26-13-15/h6-10,12-14,21-22H,2-5,11H2,1H3,(H,25,26). The minimum absolute atomic E-state index is 0.0126. The number of aromatic nitrogens is 3. The van der Waals surface area contributed by atoms with E-state index in [9.17, 15) is 4.79 Å². The molecule has 2 aliphatic rings. The summed E-state index contributed by atoms with van der Waals surface area (Å²) >= 11 is 0. The van der Waals surface area contributed by atoms with Crippen molar-refractivity contribution in [3.8, 4) is 11.1 Å². The number of rotatable bonds is 6. The van der Waals surface area contributed by atoms with Crippen LogP contribution in [-0.2, 0) is 24.0 Å². The molecular formula is C23H24N4O2. The van der Waals surface area contributed by atoms with Crippen LogP contribution in [0.3, 0.4) is 0 Å². The van der Waals surface area contributed by atoms with Crippen LogP contribution in [0.5, 0.6) is 0 Å². The highest BCUT2D eigenvalue weighted by Crippen LogP contribution is 2.41. The summed E-state index contributed by atoms with van der Waals surface area (Å²) < 4.78 is 5.49. The predicted molar refractivity (Wildman–Crippen MR) is 111 cm³/mol. The summed E-state index contributed by atoms with van der Waals surface area (Å²) in [6.07, 6.45) is 10.2. The van der Waals surface area contributed by atoms with E-state index in [0.717, 1.165) is 54.6 Å². The van der Waals surface area contributed by atoms with E-state index in [1.165, 1.54) is 11.1 Å². The summed E-state index contributed by atoms with van der Waals surface area (Å²) in [7, 11) is 0. The first-order valence-corrected chi connectivity index (χ1v) is 10.3. The summed E-state index contributed by atoms with van der Waals surface area (Å²) in [5.74, 6) is 0. The number of aryl methyl sites for hydroxylation is 2. The molecule has 1 N–H and O–H groups in total. The Bertz CT molecular complexity index is 1010. The average Bonchev–Trinajstić information content (AvgIpc) is 3.45. The number of aromatic amines is 1. The number of nitrogens with one attached hydrogen (secondary N) is 1. The second kappa shape index (κ2) is 7.35. The van der Waals surface area contributed by atoms with Gasteiger partial charge in [0.1, 0.15) is 6.10 Å². The van der Waals surface area contributed by atoms with Crippen LogP contribution in [0.4, 0.5) is 10.5 Å². The number of H-pyrrole nitrogens is 1. The fourth-order valence-corrected chi connectivity index (χ4v) is 4.44. The molecule has 2 atom stereocenters. The summed E-state index contributed by atoms with van der Waals surface area (Å²) in [6, 6.07) is 10.7. The fourth-order valence-electron chi connectivity index (χ4n) is 4.44. The van der Waals surface area contributed by atoms with Crippen molar-refractivity contribution in [1.82, 2.24) is 15.2 Å². The normalized spacial score (nSPS) is 19.9. The van der Waals surface area contributed by atoms with Crippen molar-refractivity contribution >= 4 is 11.8 Å². The van der Waals surface area contributed by atoms with Gasteiger partial charge in [-0.15, -0.1) is 0 Å². The second-order valence-electron chi connectivity index (χ2n) is 7.81. The molecule has 1 fully saturated rings. The van der Waals surface area contributed by atoms with Crippen molar-refractivity contribution in [2.75, 3.05) is 4.90 Å². The molecule has 2 unspecified atom stereocenters. The summed E-state index contributed by atoms with van der Waals surface area (Å²) in [4.78, 5) is 18.7. The molecule has 0 saturated carbocycles. The number of amides is 1. The number of anilines is 1. The van der Waals surface area contributed by atoms with Gasteiger partial charge in [-0.1, -0.05) is 19.1 Å². The van der Waals surface area contributed by atoms with Gasteiger partial charge in [0.05, 0.1) is 17.9 Å². The number of ether oxygens (including phenoxy) is 1. The first kappa shape index (κ1) is 17.9. The predicted octanol–water partition coefficient (Wildman–Crippen LogP) is 4.31. The Morgan fingerprint density at radius 1 is 1.17 bits per heavy atom. The van der Waals surface area contributed by atoms with E-state index < -0.39 is 0 Å². The van der Waals surface area contributed by atoms with E-state index in [1.807, 2.05) is 29.6 Å². The largest absolute Gasteiger partial charge is 0.444 e. The number of pyridine rings is 1. The third kappa shape index (κ3) is 3.28. The van der Waals surface area contributed by atoms with Gasteiger partial charge in [-0.25, -0.2) is 4.79 Å². The number of fused-ring (bicyclic) bond motifs is 3. The van der Waals surface area contributed by atoms with Gasteiger partial charge in [0.25, 0.3) is 0 Å². The Labute approximate surface area is 169 Å². The lowest BCUT2D eigenvalue weighted by molar-refractivity contribution is 0.129. The molecule has 148 valence electrons. The number of benzene rings is 1. The molecule has 3 aromatic rings. The van der Waals surface area contributed by atoms with Crippen molar-refractivity contribution < 1.29 is 9.53 Å². The zero-order valence-electron chi connectivity index (χ0n) is 16.5. The average molecular weight is 388 g/mol. The van der Waals surface area contributed by atoms with E-state index in [-0.39, 0.29) is 18.2 Å². The number of carbonyl (C=O) groups is 1. The molecule has 6 nitrogen and oxygen atoms in total. The van der Waals surface area contributed by atoms with Crippen molar-refractivity contribution in [3.05, 3.63) is 65.7 Å². The van der Waals surface area contributed by atoms with Gasteiger partial charge in [-0.3, -0.25) is 15.0 Å². The first-order chi connectivity index (χ1) is 14.2. The van der Waals surface area contributed by atoms with Crippen molar-refractivity contribution in [2.45, 2.75) is 51.2 Å². The van der Waals surface area contributed by atoms with Gasteiger partial charge in [-0.2, -0.15) is 5.10 Å². The van der Waals surface area contributed by atoms with E-state index in [2.05, 4.69) is 46.4 Å². The maximum atomic E-state index is 12.2. The topological polar surface area (TPSA) is 71.1 Å². The van der Waals surface area contributed by atoms with Crippen LogP contribution >= 0.6 is 0 Å². The number of nitrogens with zero attached hydrogens (tertiary/aromatic N) is 3. The molecule has 1 aromatic carbocycles. The smallest absolute Gasteiger partial charge is 0.415 e. The van der Waals surface area contributed by atoms with E-state index in [1.54, 1.807) is 0 Å². The highest BCUT2D eigenvalue weighted by molar-refractivity contribution is 5.94.